The molecule has 0 unspecified atom stereocenters. The molecule has 0 bridgehead atoms. The summed E-state index contributed by atoms with van der Waals surface area (Å²) in [4.78, 5) is 26.6. The smallest absolute Gasteiger partial charge is 0.240 e. The fourth-order valence-corrected chi connectivity index (χ4v) is 3.54. The highest BCUT2D eigenvalue weighted by atomic mass is 35.5. The van der Waals surface area contributed by atoms with E-state index in [9.17, 15) is 4.79 Å². The average Bonchev–Trinajstić information content (AvgIpc) is 3.23. The molecular formula is C21H27ClN6O2. The van der Waals surface area contributed by atoms with Gasteiger partial charge < -0.3 is 26.0 Å². The third kappa shape index (κ3) is 5.08. The fraction of sp³-hybridized carbons (Fsp3) is 0.381. The van der Waals surface area contributed by atoms with Crippen LogP contribution in [0.15, 0.2) is 42.9 Å². The number of nitrogens with two attached hydrogens (primary N) is 1. The molecule has 0 radical (unpaired) electrons. The van der Waals surface area contributed by atoms with Gasteiger partial charge in [0.25, 0.3) is 0 Å². The van der Waals surface area contributed by atoms with E-state index in [-0.39, 0.29) is 12.5 Å². The Kier molecular flexibility index (Phi) is 7.25. The van der Waals surface area contributed by atoms with E-state index in [1.165, 1.54) is 0 Å². The molecule has 1 amide bonds. The van der Waals surface area contributed by atoms with Crippen LogP contribution in [0.3, 0.4) is 0 Å². The molecule has 1 aromatic carbocycles. The average molecular weight is 431 g/mol. The zero-order valence-corrected chi connectivity index (χ0v) is 17.7. The van der Waals surface area contributed by atoms with Crippen LogP contribution in [-0.2, 0) is 11.3 Å². The van der Waals surface area contributed by atoms with Gasteiger partial charge in [0.1, 0.15) is 17.8 Å². The molecule has 9 heteroatoms. The molecule has 0 spiro atoms. The number of benzene rings is 1. The standard InChI is InChI=1S/C19H21ClN6O.C2H6O/c20-14-3-1-13(2-4-14)11-23-18(27)19(21)6-9-26(10-7-19)17-15-5-8-22-16(15)24-12-25-17;1-2-3/h1-5,8,12H,6-7,9-11,21H2,(H,23,27)(H,22,24,25);3H,2H2,1H3. The highest BCUT2D eigenvalue weighted by Crippen LogP contribution is 2.28. The van der Waals surface area contributed by atoms with Gasteiger partial charge in [0.2, 0.25) is 5.91 Å². The monoisotopic (exact) mass is 430 g/mol. The van der Waals surface area contributed by atoms with Crippen molar-refractivity contribution in [1.29, 1.82) is 0 Å². The van der Waals surface area contributed by atoms with Crippen LogP contribution in [0.5, 0.6) is 0 Å². The van der Waals surface area contributed by atoms with Crippen molar-refractivity contribution in [3.8, 4) is 0 Å². The largest absolute Gasteiger partial charge is 0.397 e. The van der Waals surface area contributed by atoms with Crippen molar-refractivity contribution in [2.45, 2.75) is 31.8 Å². The van der Waals surface area contributed by atoms with Crippen LogP contribution in [0.25, 0.3) is 11.0 Å². The number of aliphatic hydroxyl groups is 1. The van der Waals surface area contributed by atoms with E-state index in [0.717, 1.165) is 22.4 Å². The Bertz CT molecular complexity index is 967. The summed E-state index contributed by atoms with van der Waals surface area (Å²) in [5.74, 6) is 0.761. The number of anilines is 1. The Morgan fingerprint density at radius 3 is 2.60 bits per heavy atom. The predicted molar refractivity (Wildman–Crippen MR) is 118 cm³/mol. The number of H-pyrrole nitrogens is 1. The number of halogens is 1. The van der Waals surface area contributed by atoms with Gasteiger partial charge in [-0.1, -0.05) is 23.7 Å². The number of fused-ring (bicyclic) bond motifs is 1. The number of carbonyl (C=O) groups is 1. The minimum Gasteiger partial charge on any atom is -0.397 e. The van der Waals surface area contributed by atoms with Gasteiger partial charge in [0.15, 0.2) is 0 Å². The maximum atomic E-state index is 12.7. The van der Waals surface area contributed by atoms with Crippen molar-refractivity contribution in [1.82, 2.24) is 20.3 Å². The number of aromatic amines is 1. The number of carbonyl (C=O) groups excluding carboxylic acids is 1. The Hall–Kier alpha value is -2.68. The van der Waals surface area contributed by atoms with Crippen molar-refractivity contribution >= 4 is 34.4 Å². The zero-order valence-electron chi connectivity index (χ0n) is 16.9. The molecule has 0 atom stereocenters. The zero-order chi connectivity index (χ0) is 21.6. The molecular weight excluding hydrogens is 404 g/mol. The lowest BCUT2D eigenvalue weighted by molar-refractivity contribution is -0.127. The summed E-state index contributed by atoms with van der Waals surface area (Å²) < 4.78 is 0. The van der Waals surface area contributed by atoms with Crippen molar-refractivity contribution in [3.63, 3.8) is 0 Å². The fourth-order valence-electron chi connectivity index (χ4n) is 3.42. The molecule has 5 N–H and O–H groups in total. The third-order valence-corrected chi connectivity index (χ3v) is 5.36. The first kappa shape index (κ1) is 22.0. The molecule has 3 heterocycles. The van der Waals surface area contributed by atoms with Gasteiger partial charge in [0, 0.05) is 37.5 Å². The molecule has 0 aliphatic carbocycles. The number of nitrogens with one attached hydrogen (secondary N) is 2. The summed E-state index contributed by atoms with van der Waals surface area (Å²) in [5, 5.41) is 12.2. The molecule has 160 valence electrons. The van der Waals surface area contributed by atoms with Crippen molar-refractivity contribution in [3.05, 3.63) is 53.4 Å². The maximum Gasteiger partial charge on any atom is 0.240 e. The van der Waals surface area contributed by atoms with E-state index >= 15 is 0 Å². The summed E-state index contributed by atoms with van der Waals surface area (Å²) in [6.07, 6.45) is 4.53. The number of hydrogen-bond acceptors (Lipinski definition) is 6. The molecule has 1 aliphatic heterocycles. The minimum atomic E-state index is -0.868. The van der Waals surface area contributed by atoms with E-state index in [0.29, 0.717) is 37.5 Å². The molecule has 1 saturated heterocycles. The van der Waals surface area contributed by atoms with Crippen LogP contribution in [0.1, 0.15) is 25.3 Å². The maximum absolute atomic E-state index is 12.7. The second kappa shape index (κ2) is 9.88. The molecule has 2 aromatic heterocycles. The summed E-state index contributed by atoms with van der Waals surface area (Å²) in [7, 11) is 0. The summed E-state index contributed by atoms with van der Waals surface area (Å²) in [6.45, 7) is 3.71. The van der Waals surface area contributed by atoms with Gasteiger partial charge in [-0.2, -0.15) is 0 Å². The molecule has 30 heavy (non-hydrogen) atoms. The van der Waals surface area contributed by atoms with Crippen LogP contribution in [0.2, 0.25) is 5.02 Å². The minimum absolute atomic E-state index is 0.119. The first-order valence-electron chi connectivity index (χ1n) is 9.92. The van der Waals surface area contributed by atoms with Gasteiger partial charge >= 0.3 is 0 Å². The second-order valence-corrected chi connectivity index (χ2v) is 7.64. The lowest BCUT2D eigenvalue weighted by atomic mass is 9.87. The molecule has 0 saturated carbocycles. The van der Waals surface area contributed by atoms with Crippen LogP contribution >= 0.6 is 11.6 Å². The molecule has 3 aromatic rings. The van der Waals surface area contributed by atoms with Gasteiger partial charge in [-0.3, -0.25) is 4.79 Å². The lowest BCUT2D eigenvalue weighted by Gasteiger charge is -2.38. The number of aliphatic hydroxyl groups excluding tert-OH is 1. The molecule has 4 rings (SSSR count). The van der Waals surface area contributed by atoms with Crippen LogP contribution in [0.4, 0.5) is 5.82 Å². The van der Waals surface area contributed by atoms with Crippen LogP contribution < -0.4 is 16.0 Å². The molecule has 8 nitrogen and oxygen atoms in total. The van der Waals surface area contributed by atoms with Gasteiger partial charge in [-0.15, -0.1) is 0 Å². The summed E-state index contributed by atoms with van der Waals surface area (Å²) >= 11 is 5.89. The summed E-state index contributed by atoms with van der Waals surface area (Å²) in [6, 6.07) is 9.37. The Morgan fingerprint density at radius 2 is 1.93 bits per heavy atom. The number of hydrogen-bond donors (Lipinski definition) is 4. The van der Waals surface area contributed by atoms with Gasteiger partial charge in [-0.05, 0) is 43.5 Å². The topological polar surface area (TPSA) is 120 Å². The number of amides is 1. The number of aromatic nitrogens is 3. The lowest BCUT2D eigenvalue weighted by Crippen LogP contribution is -2.59. The van der Waals surface area contributed by atoms with Gasteiger partial charge in [0.05, 0.1) is 10.9 Å². The van der Waals surface area contributed by atoms with Crippen LogP contribution in [-0.4, -0.2) is 51.2 Å². The van der Waals surface area contributed by atoms with E-state index in [1.807, 2.05) is 36.5 Å². The quantitative estimate of drug-likeness (QED) is 0.503. The molecule has 1 fully saturated rings. The van der Waals surface area contributed by atoms with E-state index in [2.05, 4.69) is 25.2 Å². The molecule has 1 aliphatic rings. The number of rotatable bonds is 4. The predicted octanol–water partition coefficient (Wildman–Crippen LogP) is 2.22. The Balaban J connectivity index is 0.000000806. The third-order valence-electron chi connectivity index (χ3n) is 5.11. The Morgan fingerprint density at radius 1 is 1.27 bits per heavy atom. The SMILES string of the molecule is CCO.NC1(C(=O)NCc2ccc(Cl)cc2)CCN(c2ncnc3[nH]ccc23)CC1. The normalized spacial score (nSPS) is 15.4. The van der Waals surface area contributed by atoms with E-state index in [4.69, 9.17) is 22.4 Å². The number of nitrogens with zero attached hydrogens (tertiary/aromatic N) is 3. The highest BCUT2D eigenvalue weighted by molar-refractivity contribution is 6.30. The van der Waals surface area contributed by atoms with Crippen molar-refractivity contribution < 1.29 is 9.90 Å². The van der Waals surface area contributed by atoms with Gasteiger partial charge in [-0.25, -0.2) is 9.97 Å². The first-order chi connectivity index (χ1) is 14.5. The van der Waals surface area contributed by atoms with E-state index < -0.39 is 5.54 Å². The summed E-state index contributed by atoms with van der Waals surface area (Å²) in [5.41, 5.74) is 7.36. The Labute approximate surface area is 180 Å². The van der Waals surface area contributed by atoms with Crippen molar-refractivity contribution in [2.75, 3.05) is 24.6 Å². The second-order valence-electron chi connectivity index (χ2n) is 7.21. The van der Waals surface area contributed by atoms with E-state index in [1.54, 1.807) is 13.3 Å². The highest BCUT2D eigenvalue weighted by Gasteiger charge is 2.38. The number of piperidine rings is 1. The van der Waals surface area contributed by atoms with Crippen LogP contribution in [0, 0.1) is 0 Å². The van der Waals surface area contributed by atoms with Crippen molar-refractivity contribution in [2.24, 2.45) is 5.73 Å². The first-order valence-corrected chi connectivity index (χ1v) is 10.3.